The molecule has 0 radical (unpaired) electrons. The molecule has 52 heavy (non-hydrogen) atoms. The van der Waals surface area contributed by atoms with Gasteiger partial charge in [0.2, 0.25) is 23.6 Å². The number of likely N-dealkylation sites (N-methyl/N-ethyl adjacent to an activating group) is 2. The molecule has 0 saturated carbocycles. The zero-order valence-electron chi connectivity index (χ0n) is 32.0. The smallest absolute Gasteiger partial charge is 0.326 e. The fourth-order valence-corrected chi connectivity index (χ4v) is 5.23. The van der Waals surface area contributed by atoms with Gasteiger partial charge in [-0.3, -0.25) is 34.0 Å². The lowest BCUT2D eigenvalue weighted by Gasteiger charge is -2.35. The van der Waals surface area contributed by atoms with Crippen molar-refractivity contribution in [1.29, 1.82) is 0 Å². The van der Waals surface area contributed by atoms with E-state index in [1.165, 1.54) is 14.1 Å². The van der Waals surface area contributed by atoms with Crippen LogP contribution in [0.3, 0.4) is 0 Å². The number of aliphatic imine (C=N–C) groups is 2. The van der Waals surface area contributed by atoms with Crippen molar-refractivity contribution in [3.05, 3.63) is 0 Å². The second kappa shape index (κ2) is 22.3. The lowest BCUT2D eigenvalue weighted by Crippen LogP contribution is -2.62. The van der Waals surface area contributed by atoms with Crippen LogP contribution >= 0.6 is 0 Å². The number of carboxylic acids is 1. The summed E-state index contributed by atoms with van der Waals surface area (Å²) in [4.78, 5) is 86.7. The Labute approximate surface area is 306 Å². The molecule has 6 atom stereocenters. The molecule has 14 N–H and O–H groups in total. The van der Waals surface area contributed by atoms with Gasteiger partial charge in [0.15, 0.2) is 18.0 Å². The summed E-state index contributed by atoms with van der Waals surface area (Å²) >= 11 is 0. The molecule has 0 heterocycles. The number of nitrogens with one attached hydrogen (secondary N) is 4. The number of carbonyl (C=O) groups excluding carboxylic acids is 5. The molecule has 0 bridgehead atoms. The largest absolute Gasteiger partial charge is 0.480 e. The molecule has 0 saturated heterocycles. The van der Waals surface area contributed by atoms with Crippen LogP contribution in [0.4, 0.5) is 0 Å². The van der Waals surface area contributed by atoms with Crippen molar-refractivity contribution in [3.8, 4) is 0 Å². The maximum Gasteiger partial charge on any atom is 0.326 e. The second-order valence-corrected chi connectivity index (χ2v) is 14.3. The zero-order chi connectivity index (χ0) is 40.5. The first-order chi connectivity index (χ1) is 23.9. The minimum absolute atomic E-state index is 0.00793. The number of amides is 5. The Bertz CT molecular complexity index is 1280. The van der Waals surface area contributed by atoms with E-state index in [9.17, 15) is 39.0 Å². The number of nitrogens with zero attached hydrogens (tertiary/aromatic N) is 4. The molecule has 0 aliphatic heterocycles. The summed E-state index contributed by atoms with van der Waals surface area (Å²) < 4.78 is 0.255. The summed E-state index contributed by atoms with van der Waals surface area (Å²) in [7, 11) is 8.15. The second-order valence-electron chi connectivity index (χ2n) is 14.3. The fraction of sp³-hybridized carbons (Fsp3) is 0.750. The van der Waals surface area contributed by atoms with Gasteiger partial charge in [-0.1, -0.05) is 27.7 Å². The topological polar surface area (TPSA) is 323 Å². The van der Waals surface area contributed by atoms with E-state index in [-0.39, 0.29) is 48.1 Å². The number of primary amides is 1. The summed E-state index contributed by atoms with van der Waals surface area (Å²) in [5.74, 6) is -5.85. The highest BCUT2D eigenvalue weighted by atomic mass is 16.4. The molecule has 0 aliphatic rings. The number of hydrogen-bond donors (Lipinski definition) is 10. The van der Waals surface area contributed by atoms with E-state index in [1.54, 1.807) is 27.7 Å². The van der Waals surface area contributed by atoms with E-state index < -0.39 is 77.7 Å². The average molecular weight is 744 g/mol. The van der Waals surface area contributed by atoms with Gasteiger partial charge in [-0.05, 0) is 24.7 Å². The van der Waals surface area contributed by atoms with Crippen molar-refractivity contribution >= 4 is 47.4 Å². The summed E-state index contributed by atoms with van der Waals surface area (Å²) in [5.41, 5.74) is 21.7. The number of quaternary nitrogens is 1. The van der Waals surface area contributed by atoms with Crippen molar-refractivity contribution in [3.63, 3.8) is 0 Å². The number of carboxylic acid groups (broad SMARTS) is 1. The highest BCUT2D eigenvalue weighted by molar-refractivity contribution is 5.95. The van der Waals surface area contributed by atoms with Gasteiger partial charge < -0.3 is 63.8 Å². The van der Waals surface area contributed by atoms with E-state index in [1.807, 2.05) is 21.1 Å². The number of rotatable bonds is 23. The van der Waals surface area contributed by atoms with Gasteiger partial charge in [-0.2, -0.15) is 0 Å². The number of guanidine groups is 2. The number of aliphatic hydroxyl groups excluding tert-OH is 1. The average Bonchev–Trinajstić information content (AvgIpc) is 3.02. The van der Waals surface area contributed by atoms with Crippen molar-refractivity contribution in [2.45, 2.75) is 96.1 Å². The third-order valence-corrected chi connectivity index (χ3v) is 8.31. The molecule has 0 spiro atoms. The lowest BCUT2D eigenvalue weighted by atomic mass is 9.98. The van der Waals surface area contributed by atoms with Gasteiger partial charge in [0, 0.05) is 46.4 Å². The summed E-state index contributed by atoms with van der Waals surface area (Å²) in [6.45, 7) is 6.96. The highest BCUT2D eigenvalue weighted by Gasteiger charge is 2.38. The Morgan fingerprint density at radius 2 is 1.35 bits per heavy atom. The SMILES string of the molecule is CN=C(N)NC[C@H](O)C[C@H](NC(=O)[C@H](NC(=O)[C@@H](NC(=O)[C@@H](CCCN=C(N)N)[N+](C)(C)C)C(C)C)C(C)C)C(=O)N(C)[C@@H](CCC(N)=O)C(=O)O. The van der Waals surface area contributed by atoms with Crippen LogP contribution in [-0.2, 0) is 28.8 Å². The normalized spacial score (nSPS) is 15.3. The van der Waals surface area contributed by atoms with Crippen molar-refractivity contribution in [2.75, 3.05) is 48.3 Å². The van der Waals surface area contributed by atoms with Gasteiger partial charge in [-0.15, -0.1) is 0 Å². The van der Waals surface area contributed by atoms with Crippen LogP contribution in [0.25, 0.3) is 0 Å². The molecule has 0 rings (SSSR count). The Kier molecular flexibility index (Phi) is 20.2. The minimum Gasteiger partial charge on any atom is -0.480 e. The predicted octanol–water partition coefficient (Wildman–Crippen LogP) is -3.66. The molecule has 0 aromatic carbocycles. The van der Waals surface area contributed by atoms with Gasteiger partial charge in [0.25, 0.3) is 5.91 Å². The fourth-order valence-electron chi connectivity index (χ4n) is 5.23. The third-order valence-electron chi connectivity index (χ3n) is 8.31. The van der Waals surface area contributed by atoms with E-state index in [0.29, 0.717) is 19.4 Å². The number of aliphatic carboxylic acids is 1. The molecule has 298 valence electrons. The quantitative estimate of drug-likeness (QED) is 0.0210. The van der Waals surface area contributed by atoms with Gasteiger partial charge in [-0.25, -0.2) is 4.79 Å². The van der Waals surface area contributed by atoms with Crippen LogP contribution in [0.5, 0.6) is 0 Å². The van der Waals surface area contributed by atoms with Crippen molar-refractivity contribution in [1.82, 2.24) is 26.2 Å². The lowest BCUT2D eigenvalue weighted by molar-refractivity contribution is -0.886. The Hall–Kier alpha value is -4.72. The third kappa shape index (κ3) is 17.0. The standard InChI is InChI=1S/C32H62N12O8/c1-17(2)24(42-28(49)25(18(3)4)41-26(47)22(44(7,8)9)11-10-14-38-31(34)35)27(48)40-20(15-19(45)16-39-32(36)37-5)29(50)43(6)21(30(51)52)12-13-23(33)46/h17-22,24-25,45H,10-16H2,1-9H3,(H12-,33,34,35,36,37,38,39,40,41,42,46,47,48,49,51,52)/p+1/t19-,20+,21+,22-,24-,25+/m1/s1. The minimum atomic E-state index is -1.48. The predicted molar refractivity (Wildman–Crippen MR) is 196 cm³/mol. The van der Waals surface area contributed by atoms with Crippen LogP contribution in [-0.4, -0.2) is 152 Å². The van der Waals surface area contributed by atoms with Crippen LogP contribution in [0, 0.1) is 11.8 Å². The van der Waals surface area contributed by atoms with E-state index in [2.05, 4.69) is 31.3 Å². The van der Waals surface area contributed by atoms with Gasteiger partial charge in [0.1, 0.15) is 24.2 Å². The molecular formula is C32H63N12O8+. The van der Waals surface area contributed by atoms with E-state index in [4.69, 9.17) is 22.9 Å². The maximum absolute atomic E-state index is 13.8. The van der Waals surface area contributed by atoms with Crippen molar-refractivity contribution < 1.29 is 43.5 Å². The number of aliphatic hydroxyl groups is 1. The number of nitrogens with two attached hydrogens (primary N) is 4. The molecule has 5 amide bonds. The molecule has 20 nitrogen and oxygen atoms in total. The molecule has 0 aromatic rings. The Morgan fingerprint density at radius 1 is 0.827 bits per heavy atom. The zero-order valence-corrected chi connectivity index (χ0v) is 32.0. The van der Waals surface area contributed by atoms with Crippen molar-refractivity contribution in [2.24, 2.45) is 44.8 Å². The van der Waals surface area contributed by atoms with E-state index in [0.717, 1.165) is 4.90 Å². The summed E-state index contributed by atoms with van der Waals surface area (Å²) in [6, 6.07) is -5.78. The number of hydrogen-bond acceptors (Lipinski definition) is 9. The molecule has 0 aliphatic carbocycles. The number of carbonyl (C=O) groups is 6. The summed E-state index contributed by atoms with van der Waals surface area (Å²) in [6.07, 6.45) is -1.35. The maximum atomic E-state index is 13.8. The first kappa shape index (κ1) is 47.3. The van der Waals surface area contributed by atoms with E-state index >= 15 is 0 Å². The summed E-state index contributed by atoms with van der Waals surface area (Å²) in [5, 5.41) is 31.3. The molecule has 0 fully saturated rings. The highest BCUT2D eigenvalue weighted by Crippen LogP contribution is 2.15. The first-order valence-corrected chi connectivity index (χ1v) is 17.1. The van der Waals surface area contributed by atoms with Crippen LogP contribution in [0.15, 0.2) is 9.98 Å². The molecule has 0 unspecified atom stereocenters. The Morgan fingerprint density at radius 3 is 1.79 bits per heavy atom. The molecular weight excluding hydrogens is 680 g/mol. The monoisotopic (exact) mass is 743 g/mol. The van der Waals surface area contributed by atoms with Crippen LogP contribution in [0.1, 0.15) is 59.8 Å². The first-order valence-electron chi connectivity index (χ1n) is 17.1. The molecule has 0 aromatic heterocycles. The molecule has 20 heteroatoms. The van der Waals surface area contributed by atoms with Gasteiger partial charge >= 0.3 is 5.97 Å². The van der Waals surface area contributed by atoms with Crippen LogP contribution < -0.4 is 44.2 Å². The van der Waals surface area contributed by atoms with Crippen LogP contribution in [0.2, 0.25) is 0 Å². The van der Waals surface area contributed by atoms with Gasteiger partial charge in [0.05, 0.1) is 27.2 Å². The Balaban J connectivity index is 6.30.